The Kier molecular flexibility index (Phi) is 6.98. The lowest BCUT2D eigenvalue weighted by molar-refractivity contribution is 0.324. The van der Waals surface area contributed by atoms with Crippen LogP contribution in [-0.2, 0) is 5.75 Å². The molecule has 0 aromatic heterocycles. The van der Waals surface area contributed by atoms with Crippen LogP contribution >= 0.6 is 11.8 Å². The quantitative estimate of drug-likeness (QED) is 0.581. The van der Waals surface area contributed by atoms with Gasteiger partial charge >= 0.3 is 0 Å². The summed E-state index contributed by atoms with van der Waals surface area (Å²) in [6.07, 6.45) is 0. The van der Waals surface area contributed by atoms with Crippen molar-refractivity contribution in [2.24, 2.45) is 0 Å². The standard InChI is InChI=1S/C14H24N2OS/c1-4-16(5-2)8-9-18-11-12-6-7-14(17-3)13(15)10-12/h6-7,10H,4-5,8-9,11,15H2,1-3H3. The highest BCUT2D eigenvalue weighted by atomic mass is 32.2. The van der Waals surface area contributed by atoms with Crippen LogP contribution in [0.15, 0.2) is 18.2 Å². The Bertz CT molecular complexity index is 354. The van der Waals surface area contributed by atoms with Gasteiger partial charge in [-0.2, -0.15) is 11.8 Å². The minimum atomic E-state index is 0.722. The van der Waals surface area contributed by atoms with Crippen LogP contribution in [0.2, 0.25) is 0 Å². The zero-order valence-corrected chi connectivity index (χ0v) is 12.4. The van der Waals surface area contributed by atoms with Gasteiger partial charge in [0.2, 0.25) is 0 Å². The molecule has 102 valence electrons. The van der Waals surface area contributed by atoms with E-state index in [1.54, 1.807) is 7.11 Å². The summed E-state index contributed by atoms with van der Waals surface area (Å²) in [6.45, 7) is 7.83. The summed E-state index contributed by atoms with van der Waals surface area (Å²) in [6, 6.07) is 6.03. The maximum absolute atomic E-state index is 5.88. The van der Waals surface area contributed by atoms with Gasteiger partial charge in [0.25, 0.3) is 0 Å². The van der Waals surface area contributed by atoms with Crippen molar-refractivity contribution in [3.8, 4) is 5.75 Å². The molecular weight excluding hydrogens is 244 g/mol. The molecule has 4 heteroatoms. The number of anilines is 1. The summed E-state index contributed by atoms with van der Waals surface area (Å²) in [5, 5.41) is 0. The van der Waals surface area contributed by atoms with Crippen molar-refractivity contribution in [2.75, 3.05) is 38.2 Å². The summed E-state index contributed by atoms with van der Waals surface area (Å²) >= 11 is 1.95. The van der Waals surface area contributed by atoms with Gasteiger partial charge in [0, 0.05) is 18.1 Å². The van der Waals surface area contributed by atoms with Gasteiger partial charge in [0.1, 0.15) is 5.75 Å². The van der Waals surface area contributed by atoms with E-state index in [2.05, 4.69) is 24.8 Å². The number of methoxy groups -OCH3 is 1. The Hall–Kier alpha value is -0.870. The number of ether oxygens (including phenoxy) is 1. The van der Waals surface area contributed by atoms with E-state index < -0.39 is 0 Å². The third kappa shape index (κ3) is 4.78. The number of nitrogens with two attached hydrogens (primary N) is 1. The molecule has 0 radical (unpaired) electrons. The summed E-state index contributed by atoms with van der Waals surface area (Å²) in [5.41, 5.74) is 7.87. The molecule has 0 aliphatic carbocycles. The number of nitrogen functional groups attached to an aromatic ring is 1. The van der Waals surface area contributed by atoms with Crippen molar-refractivity contribution >= 4 is 17.4 Å². The van der Waals surface area contributed by atoms with Crippen LogP contribution in [0.4, 0.5) is 5.69 Å². The fourth-order valence-corrected chi connectivity index (χ4v) is 2.74. The van der Waals surface area contributed by atoms with E-state index in [0.717, 1.165) is 42.6 Å². The third-order valence-electron chi connectivity index (χ3n) is 3.01. The normalized spacial score (nSPS) is 10.9. The van der Waals surface area contributed by atoms with Crippen molar-refractivity contribution in [1.29, 1.82) is 0 Å². The molecule has 0 saturated heterocycles. The van der Waals surface area contributed by atoms with Crippen LogP contribution in [0.25, 0.3) is 0 Å². The number of hydrogen-bond donors (Lipinski definition) is 1. The molecule has 0 heterocycles. The van der Waals surface area contributed by atoms with E-state index in [0.29, 0.717) is 0 Å². The largest absolute Gasteiger partial charge is 0.495 e. The number of nitrogens with zero attached hydrogens (tertiary/aromatic N) is 1. The second kappa shape index (κ2) is 8.27. The molecule has 0 amide bonds. The number of thioether (sulfide) groups is 1. The highest BCUT2D eigenvalue weighted by Crippen LogP contribution is 2.24. The van der Waals surface area contributed by atoms with Crippen LogP contribution in [-0.4, -0.2) is 37.4 Å². The van der Waals surface area contributed by atoms with Crippen molar-refractivity contribution < 1.29 is 4.74 Å². The molecule has 0 spiro atoms. The van der Waals surface area contributed by atoms with Gasteiger partial charge in [0.05, 0.1) is 12.8 Å². The first-order valence-electron chi connectivity index (χ1n) is 6.43. The predicted molar refractivity (Wildman–Crippen MR) is 81.4 cm³/mol. The zero-order chi connectivity index (χ0) is 13.4. The predicted octanol–water partition coefficient (Wildman–Crippen LogP) is 2.85. The van der Waals surface area contributed by atoms with E-state index in [1.807, 2.05) is 23.9 Å². The second-order valence-electron chi connectivity index (χ2n) is 4.16. The fourth-order valence-electron chi connectivity index (χ4n) is 1.80. The second-order valence-corrected chi connectivity index (χ2v) is 5.26. The van der Waals surface area contributed by atoms with Crippen molar-refractivity contribution in [1.82, 2.24) is 4.90 Å². The van der Waals surface area contributed by atoms with E-state index in [-0.39, 0.29) is 0 Å². The number of benzene rings is 1. The number of rotatable bonds is 8. The molecule has 1 rings (SSSR count). The van der Waals surface area contributed by atoms with Gasteiger partial charge in [0.15, 0.2) is 0 Å². The molecule has 0 aliphatic heterocycles. The van der Waals surface area contributed by atoms with Crippen molar-refractivity contribution in [3.05, 3.63) is 23.8 Å². The molecule has 0 aliphatic rings. The summed E-state index contributed by atoms with van der Waals surface area (Å²) in [4.78, 5) is 2.44. The summed E-state index contributed by atoms with van der Waals surface area (Å²) in [5.74, 6) is 2.93. The number of hydrogen-bond acceptors (Lipinski definition) is 4. The van der Waals surface area contributed by atoms with Gasteiger partial charge in [-0.05, 0) is 30.8 Å². The average Bonchev–Trinajstić information content (AvgIpc) is 2.39. The molecule has 1 aromatic rings. The van der Waals surface area contributed by atoms with Crippen LogP contribution < -0.4 is 10.5 Å². The van der Waals surface area contributed by atoms with Gasteiger partial charge in [-0.15, -0.1) is 0 Å². The molecule has 0 unspecified atom stereocenters. The third-order valence-corrected chi connectivity index (χ3v) is 4.02. The lowest BCUT2D eigenvalue weighted by atomic mass is 10.2. The molecule has 1 aromatic carbocycles. The van der Waals surface area contributed by atoms with Crippen molar-refractivity contribution in [2.45, 2.75) is 19.6 Å². The Morgan fingerprint density at radius 1 is 1.28 bits per heavy atom. The molecule has 18 heavy (non-hydrogen) atoms. The molecule has 0 bridgehead atoms. The Morgan fingerprint density at radius 3 is 2.56 bits per heavy atom. The molecule has 0 fully saturated rings. The molecule has 0 atom stereocenters. The van der Waals surface area contributed by atoms with Gasteiger partial charge in [-0.25, -0.2) is 0 Å². The van der Waals surface area contributed by atoms with E-state index >= 15 is 0 Å². The maximum atomic E-state index is 5.88. The molecule has 0 saturated carbocycles. The minimum Gasteiger partial charge on any atom is -0.495 e. The first-order valence-corrected chi connectivity index (χ1v) is 7.59. The maximum Gasteiger partial charge on any atom is 0.141 e. The van der Waals surface area contributed by atoms with Gasteiger partial charge in [-0.3, -0.25) is 0 Å². The van der Waals surface area contributed by atoms with Crippen LogP contribution in [0.3, 0.4) is 0 Å². The van der Waals surface area contributed by atoms with Crippen LogP contribution in [0.5, 0.6) is 5.75 Å². The van der Waals surface area contributed by atoms with Crippen LogP contribution in [0.1, 0.15) is 19.4 Å². The average molecular weight is 268 g/mol. The summed E-state index contributed by atoms with van der Waals surface area (Å²) in [7, 11) is 1.64. The monoisotopic (exact) mass is 268 g/mol. The highest BCUT2D eigenvalue weighted by Gasteiger charge is 2.02. The highest BCUT2D eigenvalue weighted by molar-refractivity contribution is 7.98. The van der Waals surface area contributed by atoms with E-state index in [9.17, 15) is 0 Å². The molecule has 2 N–H and O–H groups in total. The fraction of sp³-hybridized carbons (Fsp3) is 0.571. The Labute approximate surface area is 115 Å². The lowest BCUT2D eigenvalue weighted by Crippen LogP contribution is -2.25. The molecule has 3 nitrogen and oxygen atoms in total. The van der Waals surface area contributed by atoms with E-state index in [1.165, 1.54) is 5.56 Å². The van der Waals surface area contributed by atoms with Gasteiger partial charge in [-0.1, -0.05) is 19.9 Å². The van der Waals surface area contributed by atoms with Gasteiger partial charge < -0.3 is 15.4 Å². The Morgan fingerprint density at radius 2 is 2.00 bits per heavy atom. The zero-order valence-electron chi connectivity index (χ0n) is 11.6. The topological polar surface area (TPSA) is 38.5 Å². The summed E-state index contributed by atoms with van der Waals surface area (Å²) < 4.78 is 5.15. The van der Waals surface area contributed by atoms with Crippen LogP contribution in [0, 0.1) is 0 Å². The first-order chi connectivity index (χ1) is 8.71. The lowest BCUT2D eigenvalue weighted by Gasteiger charge is -2.17. The smallest absolute Gasteiger partial charge is 0.141 e. The minimum absolute atomic E-state index is 0.722. The SMILES string of the molecule is CCN(CC)CCSCc1ccc(OC)c(N)c1. The van der Waals surface area contributed by atoms with Crippen molar-refractivity contribution in [3.63, 3.8) is 0 Å². The Balaban J connectivity index is 2.33. The van der Waals surface area contributed by atoms with E-state index in [4.69, 9.17) is 10.5 Å². The molecular formula is C14H24N2OS. The first kappa shape index (κ1) is 15.2.